The van der Waals surface area contributed by atoms with Gasteiger partial charge in [0.05, 0.1) is 29.1 Å². The average Bonchev–Trinajstić information content (AvgIpc) is 3.48. The fourth-order valence-electron chi connectivity index (χ4n) is 3.93. The molecular weight excluding hydrogens is 518 g/mol. The van der Waals surface area contributed by atoms with E-state index >= 15 is 0 Å². The van der Waals surface area contributed by atoms with Gasteiger partial charge in [-0.15, -0.1) is 23.7 Å². The summed E-state index contributed by atoms with van der Waals surface area (Å²) in [5, 5.41) is 14.6. The number of nitrogens with two attached hydrogens (primary N) is 1. The van der Waals surface area contributed by atoms with E-state index < -0.39 is 10.0 Å². The Morgan fingerprint density at radius 2 is 2.06 bits per heavy atom. The van der Waals surface area contributed by atoms with E-state index in [9.17, 15) is 18.3 Å². The van der Waals surface area contributed by atoms with Crippen LogP contribution >= 0.6 is 35.1 Å². The maximum absolute atomic E-state index is 13.1. The molecule has 1 aromatic carbocycles. The first-order valence-electron chi connectivity index (χ1n) is 10.7. The number of likely N-dealkylation sites (tertiary alicyclic amines) is 1. The zero-order valence-corrected chi connectivity index (χ0v) is 21.7. The Kier molecular flexibility index (Phi) is 9.27. The average molecular weight is 546 g/mol. The molecule has 34 heavy (non-hydrogen) atoms. The van der Waals surface area contributed by atoms with Gasteiger partial charge in [-0.25, -0.2) is 13.4 Å². The predicted molar refractivity (Wildman–Crippen MR) is 140 cm³/mol. The molecule has 0 aliphatic carbocycles. The molecule has 0 saturated carbocycles. The van der Waals surface area contributed by atoms with E-state index in [0.29, 0.717) is 22.9 Å². The number of nitrogens with zero attached hydrogens (tertiary/aromatic N) is 3. The van der Waals surface area contributed by atoms with Gasteiger partial charge in [0.15, 0.2) is 5.13 Å². The smallest absolute Gasteiger partial charge is 0.273 e. The summed E-state index contributed by atoms with van der Waals surface area (Å²) in [5.74, 6) is -0.0959. The van der Waals surface area contributed by atoms with E-state index in [2.05, 4.69) is 15.2 Å². The predicted octanol–water partition coefficient (Wildman–Crippen LogP) is 2.58. The lowest BCUT2D eigenvalue weighted by Gasteiger charge is -2.30. The van der Waals surface area contributed by atoms with Crippen molar-refractivity contribution in [3.8, 4) is 0 Å². The lowest BCUT2D eigenvalue weighted by Crippen LogP contribution is -2.40. The van der Waals surface area contributed by atoms with Crippen molar-refractivity contribution in [2.45, 2.75) is 17.1 Å². The van der Waals surface area contributed by atoms with Crippen molar-refractivity contribution in [3.63, 3.8) is 0 Å². The number of anilines is 2. The number of benzene rings is 1. The Bertz CT molecular complexity index is 1190. The number of hydrogen-bond acceptors (Lipinski definition) is 9. The number of piperidine rings is 1. The summed E-state index contributed by atoms with van der Waals surface area (Å²) in [7, 11) is -3.78. The zero-order valence-electron chi connectivity index (χ0n) is 18.4. The number of thiazole rings is 1. The third-order valence-corrected chi connectivity index (χ3v) is 9.77. The number of aromatic nitrogens is 1. The molecule has 9 nitrogen and oxygen atoms in total. The number of hydrogen-bond donors (Lipinski definition) is 3. The van der Waals surface area contributed by atoms with E-state index in [-0.39, 0.29) is 41.6 Å². The van der Waals surface area contributed by atoms with Gasteiger partial charge < -0.3 is 21.1 Å². The van der Waals surface area contributed by atoms with Crippen molar-refractivity contribution in [2.75, 3.05) is 49.0 Å². The van der Waals surface area contributed by atoms with Gasteiger partial charge in [-0.2, -0.15) is 0 Å². The number of fused-ring (bicyclic) bond motifs is 1. The van der Waals surface area contributed by atoms with Crippen molar-refractivity contribution >= 4 is 72.0 Å². The Labute approximate surface area is 213 Å². The molecule has 1 fully saturated rings. The third kappa shape index (κ3) is 5.88. The zero-order chi connectivity index (χ0) is 23.4. The molecule has 4 N–H and O–H groups in total. The maximum atomic E-state index is 13.1. The number of sulfonamides is 1. The van der Waals surface area contributed by atoms with Crippen LogP contribution in [0.15, 0.2) is 39.9 Å². The summed E-state index contributed by atoms with van der Waals surface area (Å²) < 4.78 is 28.3. The van der Waals surface area contributed by atoms with Crippen LogP contribution in [-0.2, 0) is 14.8 Å². The fraction of sp³-hybridized carbons (Fsp3) is 0.429. The van der Waals surface area contributed by atoms with Crippen LogP contribution in [0.2, 0.25) is 0 Å². The molecule has 0 unspecified atom stereocenters. The van der Waals surface area contributed by atoms with Crippen LogP contribution in [0.3, 0.4) is 0 Å². The SMILES string of the molecule is Cl.NCCN1CCC(C(=O)Nc2nc3ccc(N(CCO)S(=O)(=O)c4cccs4)cc3s2)CC1. The van der Waals surface area contributed by atoms with Crippen molar-refractivity contribution in [3.05, 3.63) is 35.7 Å². The molecule has 13 heteroatoms. The van der Waals surface area contributed by atoms with Gasteiger partial charge in [-0.1, -0.05) is 17.4 Å². The van der Waals surface area contributed by atoms with Gasteiger partial charge in [-0.05, 0) is 55.6 Å². The molecule has 4 rings (SSSR count). The van der Waals surface area contributed by atoms with Crippen LogP contribution < -0.4 is 15.4 Å². The summed E-state index contributed by atoms with van der Waals surface area (Å²) >= 11 is 2.44. The van der Waals surface area contributed by atoms with Gasteiger partial charge in [0.25, 0.3) is 10.0 Å². The second-order valence-corrected chi connectivity index (χ2v) is 11.9. The van der Waals surface area contributed by atoms with Crippen molar-refractivity contribution in [2.24, 2.45) is 11.7 Å². The molecule has 0 bridgehead atoms. The van der Waals surface area contributed by atoms with Crippen LogP contribution in [0, 0.1) is 5.92 Å². The molecule has 1 saturated heterocycles. The number of thiophene rings is 1. The van der Waals surface area contributed by atoms with E-state index in [4.69, 9.17) is 5.73 Å². The normalized spacial score (nSPS) is 15.2. The number of aliphatic hydroxyl groups excluding tert-OH is 1. The Balaban J connectivity index is 0.00000324. The number of carbonyl (C=O) groups is 1. The fourth-order valence-corrected chi connectivity index (χ4v) is 7.38. The van der Waals surface area contributed by atoms with Crippen LogP contribution in [0.5, 0.6) is 0 Å². The molecule has 0 spiro atoms. The Morgan fingerprint density at radius 1 is 1.29 bits per heavy atom. The number of carbonyl (C=O) groups excluding carboxylic acids is 1. The molecule has 2 aromatic heterocycles. The maximum Gasteiger partial charge on any atom is 0.273 e. The van der Waals surface area contributed by atoms with Gasteiger partial charge >= 0.3 is 0 Å². The number of halogens is 1. The number of aliphatic hydroxyl groups is 1. The molecule has 3 heterocycles. The van der Waals surface area contributed by atoms with Crippen molar-refractivity contribution < 1.29 is 18.3 Å². The number of nitrogens with one attached hydrogen (secondary N) is 1. The molecular formula is C21H28ClN5O4S3. The minimum atomic E-state index is -3.78. The largest absolute Gasteiger partial charge is 0.394 e. The Hall–Kier alpha value is -1.80. The third-order valence-electron chi connectivity index (χ3n) is 5.64. The highest BCUT2D eigenvalue weighted by Crippen LogP contribution is 2.33. The summed E-state index contributed by atoms with van der Waals surface area (Å²) in [4.78, 5) is 19.5. The van der Waals surface area contributed by atoms with Crippen molar-refractivity contribution in [1.29, 1.82) is 0 Å². The standard InChI is InChI=1S/C21H27N5O4S3.ClH/c22-7-10-25-8-5-15(6-9-25)20(28)24-21-23-17-4-3-16(14-18(17)32-21)26(11-12-27)33(29,30)19-2-1-13-31-19;/h1-4,13-15,27H,5-12,22H2,(H,23,24,28);1H. The second-order valence-electron chi connectivity index (χ2n) is 7.80. The van der Waals surface area contributed by atoms with Crippen LogP contribution in [0.25, 0.3) is 10.2 Å². The van der Waals surface area contributed by atoms with Crippen LogP contribution in [0.4, 0.5) is 10.8 Å². The van der Waals surface area contributed by atoms with E-state index in [0.717, 1.165) is 48.5 Å². The second kappa shape index (κ2) is 11.8. The van der Waals surface area contributed by atoms with E-state index in [1.165, 1.54) is 15.6 Å². The lowest BCUT2D eigenvalue weighted by molar-refractivity contribution is -0.121. The summed E-state index contributed by atoms with van der Waals surface area (Å²) in [6, 6.07) is 8.36. The Morgan fingerprint density at radius 3 is 2.71 bits per heavy atom. The summed E-state index contributed by atoms with van der Waals surface area (Å²) in [6.45, 7) is 2.82. The number of rotatable bonds is 9. The van der Waals surface area contributed by atoms with Crippen LogP contribution in [0.1, 0.15) is 12.8 Å². The molecule has 1 aliphatic heterocycles. The van der Waals surface area contributed by atoms with Gasteiger partial charge in [0.2, 0.25) is 5.91 Å². The quantitative estimate of drug-likeness (QED) is 0.377. The number of amides is 1. The minimum absolute atomic E-state index is 0. The highest BCUT2D eigenvalue weighted by atomic mass is 35.5. The van der Waals surface area contributed by atoms with Gasteiger partial charge in [-0.3, -0.25) is 9.10 Å². The van der Waals surface area contributed by atoms with Gasteiger partial charge in [0.1, 0.15) is 4.21 Å². The molecule has 0 atom stereocenters. The molecule has 186 valence electrons. The lowest BCUT2D eigenvalue weighted by atomic mass is 9.96. The molecule has 0 radical (unpaired) electrons. The highest BCUT2D eigenvalue weighted by Gasteiger charge is 2.27. The summed E-state index contributed by atoms with van der Waals surface area (Å²) in [5.41, 5.74) is 6.73. The molecule has 1 aliphatic rings. The van der Waals surface area contributed by atoms with Crippen LogP contribution in [-0.4, -0.2) is 68.6 Å². The van der Waals surface area contributed by atoms with E-state index in [1.807, 2.05) is 0 Å². The molecule has 3 aromatic rings. The monoisotopic (exact) mass is 545 g/mol. The minimum Gasteiger partial charge on any atom is -0.394 e. The summed E-state index contributed by atoms with van der Waals surface area (Å²) in [6.07, 6.45) is 1.58. The first kappa shape index (κ1) is 26.8. The van der Waals surface area contributed by atoms with Crippen molar-refractivity contribution in [1.82, 2.24) is 9.88 Å². The topological polar surface area (TPSA) is 129 Å². The van der Waals surface area contributed by atoms with E-state index in [1.54, 1.807) is 35.7 Å². The first-order valence-corrected chi connectivity index (χ1v) is 13.9. The van der Waals surface area contributed by atoms with Gasteiger partial charge in [0, 0.05) is 19.0 Å². The highest BCUT2D eigenvalue weighted by molar-refractivity contribution is 7.94. The molecule has 1 amide bonds. The first-order chi connectivity index (χ1) is 15.9.